The third-order valence-corrected chi connectivity index (χ3v) is 8.14. The molecule has 0 aromatic heterocycles. The molecular weight excluding hydrogens is 446 g/mol. The van der Waals surface area contributed by atoms with Crippen molar-refractivity contribution in [3.8, 4) is 11.5 Å². The van der Waals surface area contributed by atoms with Crippen molar-refractivity contribution in [2.45, 2.75) is 57.1 Å². The van der Waals surface area contributed by atoms with Gasteiger partial charge in [-0.25, -0.2) is 0 Å². The molecule has 0 radical (unpaired) electrons. The summed E-state index contributed by atoms with van der Waals surface area (Å²) < 4.78 is 17.9. The van der Waals surface area contributed by atoms with E-state index in [0.29, 0.717) is 29.9 Å². The Morgan fingerprint density at radius 2 is 1.76 bits per heavy atom. The standard InChI is InChI=1S/C27H37NO5Si/c1-31-24-14-20-13-23(26(30)22(20)15-25(24)32-2)27(33-34(3,4)5)11-12-28(21(16-27)18-29)17-19-9-7-6-8-10-19/h6-10,14-15,21,23,29H,11-13,16-18H2,1-5H3. The number of ketones is 1. The van der Waals surface area contributed by atoms with Gasteiger partial charge in [0, 0.05) is 24.7 Å². The maximum atomic E-state index is 13.8. The number of methoxy groups -OCH3 is 2. The highest BCUT2D eigenvalue weighted by Crippen LogP contribution is 2.47. The van der Waals surface area contributed by atoms with Crippen LogP contribution in [-0.2, 0) is 17.4 Å². The predicted octanol–water partition coefficient (Wildman–Crippen LogP) is 4.31. The lowest BCUT2D eigenvalue weighted by Gasteiger charge is -2.51. The van der Waals surface area contributed by atoms with E-state index in [2.05, 4.69) is 36.7 Å². The normalized spacial score (nSPS) is 25.3. The van der Waals surface area contributed by atoms with Crippen molar-refractivity contribution in [1.29, 1.82) is 0 Å². The summed E-state index contributed by atoms with van der Waals surface area (Å²) >= 11 is 0. The highest BCUT2D eigenvalue weighted by atomic mass is 28.4. The van der Waals surface area contributed by atoms with Crippen LogP contribution in [-0.4, -0.2) is 63.1 Å². The zero-order chi connectivity index (χ0) is 24.5. The maximum absolute atomic E-state index is 13.8. The Hall–Kier alpha value is -2.19. The second kappa shape index (κ2) is 9.82. The molecule has 0 saturated carbocycles. The Balaban J connectivity index is 1.65. The molecule has 3 atom stereocenters. The van der Waals surface area contributed by atoms with Crippen LogP contribution >= 0.6 is 0 Å². The molecule has 1 aliphatic heterocycles. The maximum Gasteiger partial charge on any atom is 0.184 e. The van der Waals surface area contributed by atoms with Crippen molar-refractivity contribution in [1.82, 2.24) is 4.90 Å². The van der Waals surface area contributed by atoms with E-state index in [0.717, 1.165) is 25.1 Å². The van der Waals surface area contributed by atoms with E-state index < -0.39 is 13.9 Å². The van der Waals surface area contributed by atoms with Gasteiger partial charge >= 0.3 is 0 Å². The van der Waals surface area contributed by atoms with Crippen molar-refractivity contribution in [2.24, 2.45) is 5.92 Å². The van der Waals surface area contributed by atoms with Crippen molar-refractivity contribution < 1.29 is 23.8 Å². The Bertz CT molecular complexity index is 1020. The van der Waals surface area contributed by atoms with E-state index in [1.807, 2.05) is 30.3 Å². The Kier molecular flexibility index (Phi) is 7.19. The number of hydrogen-bond donors (Lipinski definition) is 1. The zero-order valence-electron chi connectivity index (χ0n) is 21.0. The first-order valence-electron chi connectivity index (χ1n) is 12.1. The fraction of sp³-hybridized carbons (Fsp3) is 0.519. The van der Waals surface area contributed by atoms with Gasteiger partial charge in [0.15, 0.2) is 25.6 Å². The summed E-state index contributed by atoms with van der Waals surface area (Å²) in [5.74, 6) is 1.04. The molecule has 0 spiro atoms. The van der Waals surface area contributed by atoms with Gasteiger partial charge in [0.05, 0.1) is 32.3 Å². The van der Waals surface area contributed by atoms with Gasteiger partial charge in [-0.1, -0.05) is 30.3 Å². The Morgan fingerprint density at radius 1 is 1.09 bits per heavy atom. The summed E-state index contributed by atoms with van der Waals surface area (Å²) in [6.07, 6.45) is 2.02. The summed E-state index contributed by atoms with van der Waals surface area (Å²) in [7, 11) is 1.21. The highest BCUT2D eigenvalue weighted by molar-refractivity contribution is 6.69. The molecule has 34 heavy (non-hydrogen) atoms. The number of aliphatic hydroxyl groups excluding tert-OH is 1. The average Bonchev–Trinajstić information content (AvgIpc) is 3.15. The average molecular weight is 484 g/mol. The topological polar surface area (TPSA) is 68.2 Å². The second-order valence-electron chi connectivity index (χ2n) is 10.5. The van der Waals surface area contributed by atoms with Crippen LogP contribution in [0, 0.1) is 5.92 Å². The van der Waals surface area contributed by atoms with E-state index in [4.69, 9.17) is 13.9 Å². The molecule has 2 aromatic rings. The fourth-order valence-electron chi connectivity index (χ4n) is 5.69. The molecule has 6 nitrogen and oxygen atoms in total. The van der Waals surface area contributed by atoms with Crippen LogP contribution in [0.15, 0.2) is 42.5 Å². The van der Waals surface area contributed by atoms with Crippen LogP contribution in [0.1, 0.15) is 34.3 Å². The predicted molar refractivity (Wildman–Crippen MR) is 135 cm³/mol. The first-order valence-corrected chi connectivity index (χ1v) is 15.5. The minimum absolute atomic E-state index is 0.0408. The lowest BCUT2D eigenvalue weighted by Crippen LogP contribution is -2.59. The molecule has 0 amide bonds. The summed E-state index contributed by atoms with van der Waals surface area (Å²) in [6, 6.07) is 14.0. The molecule has 1 heterocycles. The van der Waals surface area contributed by atoms with Crippen molar-refractivity contribution in [2.75, 3.05) is 27.4 Å². The van der Waals surface area contributed by atoms with Crippen molar-refractivity contribution in [3.05, 3.63) is 59.2 Å². The van der Waals surface area contributed by atoms with E-state index in [-0.39, 0.29) is 24.3 Å². The van der Waals surface area contributed by atoms with Crippen LogP contribution in [0.25, 0.3) is 0 Å². The first kappa shape index (κ1) is 24.9. The number of rotatable bonds is 8. The molecule has 2 aromatic carbocycles. The first-order chi connectivity index (χ1) is 16.2. The van der Waals surface area contributed by atoms with Crippen molar-refractivity contribution in [3.63, 3.8) is 0 Å². The molecule has 1 N–H and O–H groups in total. The SMILES string of the molecule is COc1cc2c(cc1OC)C(=O)C(C1(O[Si](C)(C)C)CCN(Cc3ccccc3)C(CO)C1)C2. The molecule has 4 rings (SSSR count). The summed E-state index contributed by atoms with van der Waals surface area (Å²) in [6.45, 7) is 8.13. The molecule has 184 valence electrons. The minimum atomic E-state index is -1.99. The summed E-state index contributed by atoms with van der Waals surface area (Å²) in [4.78, 5) is 16.1. The molecule has 1 saturated heterocycles. The number of fused-ring (bicyclic) bond motifs is 1. The van der Waals surface area contributed by atoms with E-state index in [1.165, 1.54) is 5.56 Å². The Morgan fingerprint density at radius 3 is 2.38 bits per heavy atom. The number of piperidine rings is 1. The molecule has 0 bridgehead atoms. The van der Waals surface area contributed by atoms with Gasteiger partial charge in [-0.2, -0.15) is 0 Å². The van der Waals surface area contributed by atoms with Crippen LogP contribution in [0.5, 0.6) is 11.5 Å². The highest BCUT2D eigenvalue weighted by Gasteiger charge is 2.53. The van der Waals surface area contributed by atoms with Gasteiger partial charge in [0.2, 0.25) is 0 Å². The summed E-state index contributed by atoms with van der Waals surface area (Å²) in [5, 5.41) is 10.4. The Labute approximate surface area is 204 Å². The van der Waals surface area contributed by atoms with Crippen molar-refractivity contribution >= 4 is 14.1 Å². The number of carbonyl (C=O) groups excluding carboxylic acids is 1. The van der Waals surface area contributed by atoms with Gasteiger partial charge in [-0.05, 0) is 62.2 Å². The third-order valence-electron chi connectivity index (χ3n) is 7.12. The minimum Gasteiger partial charge on any atom is -0.493 e. The lowest BCUT2D eigenvalue weighted by atomic mass is 9.74. The van der Waals surface area contributed by atoms with Gasteiger partial charge in [-0.3, -0.25) is 9.69 Å². The van der Waals surface area contributed by atoms with E-state index in [1.54, 1.807) is 14.2 Å². The molecule has 7 heteroatoms. The van der Waals surface area contributed by atoms with Crippen LogP contribution in [0.3, 0.4) is 0 Å². The largest absolute Gasteiger partial charge is 0.493 e. The molecule has 1 fully saturated rings. The third kappa shape index (κ3) is 4.93. The smallest absolute Gasteiger partial charge is 0.184 e. The van der Waals surface area contributed by atoms with Crippen LogP contribution < -0.4 is 9.47 Å². The van der Waals surface area contributed by atoms with Crippen LogP contribution in [0.4, 0.5) is 0 Å². The zero-order valence-corrected chi connectivity index (χ0v) is 22.0. The number of benzene rings is 2. The molecular formula is C27H37NO5Si. The van der Waals surface area contributed by atoms with Gasteiger partial charge in [-0.15, -0.1) is 0 Å². The number of ether oxygens (including phenoxy) is 2. The summed E-state index contributed by atoms with van der Waals surface area (Å²) in [5.41, 5.74) is 2.32. The quantitative estimate of drug-likeness (QED) is 0.565. The number of carbonyl (C=O) groups is 1. The molecule has 3 unspecified atom stereocenters. The van der Waals surface area contributed by atoms with Gasteiger partial charge in [0.1, 0.15) is 0 Å². The fourth-order valence-corrected chi connectivity index (χ4v) is 7.23. The number of aliphatic hydroxyl groups is 1. The number of hydrogen-bond acceptors (Lipinski definition) is 6. The van der Waals surface area contributed by atoms with Crippen LogP contribution in [0.2, 0.25) is 19.6 Å². The van der Waals surface area contributed by atoms with Gasteiger partial charge < -0.3 is 19.0 Å². The monoisotopic (exact) mass is 483 g/mol. The van der Waals surface area contributed by atoms with E-state index in [9.17, 15) is 9.90 Å². The number of likely N-dealkylation sites (tertiary alicyclic amines) is 1. The second-order valence-corrected chi connectivity index (χ2v) is 14.9. The molecule has 1 aliphatic carbocycles. The molecule has 2 aliphatic rings. The van der Waals surface area contributed by atoms with Gasteiger partial charge in [0.25, 0.3) is 0 Å². The number of Topliss-reactive ketones (excluding diaryl/α,β-unsaturated/α-hetero) is 1. The van der Waals surface area contributed by atoms with E-state index >= 15 is 0 Å². The number of nitrogens with zero attached hydrogens (tertiary/aromatic N) is 1. The lowest BCUT2D eigenvalue weighted by molar-refractivity contribution is -0.0738.